The number of piperidine rings is 1. The first-order chi connectivity index (χ1) is 4.64. The van der Waals surface area contributed by atoms with Gasteiger partial charge in [0, 0.05) is 6.04 Å². The van der Waals surface area contributed by atoms with E-state index in [-0.39, 0.29) is 6.61 Å². The van der Waals surface area contributed by atoms with Gasteiger partial charge in [0.05, 0.1) is 6.61 Å². The number of aliphatic hydroxyl groups excluding tert-OH is 1. The quantitative estimate of drug-likeness (QED) is 0.568. The van der Waals surface area contributed by atoms with Gasteiger partial charge in [-0.2, -0.15) is 0 Å². The van der Waals surface area contributed by atoms with Gasteiger partial charge in [0.1, 0.15) is 0 Å². The summed E-state index contributed by atoms with van der Waals surface area (Å²) in [6, 6.07) is 0.337. The predicted molar refractivity (Wildman–Crippen MR) is 41.9 cm³/mol. The zero-order valence-electron chi connectivity index (χ0n) is 6.85. The fourth-order valence-electron chi connectivity index (χ4n) is 1.59. The fraction of sp³-hybridized carbons (Fsp3) is 1.00. The molecular formula is C8H17NO. The molecule has 1 saturated heterocycles. The van der Waals surface area contributed by atoms with E-state index in [1.807, 2.05) is 0 Å². The van der Waals surface area contributed by atoms with Crippen molar-refractivity contribution in [3.63, 3.8) is 0 Å². The molecule has 2 N–H and O–H groups in total. The standard InChI is InChI=1S/C8H17NO/c1-8(2)3-4-9-7(5-8)6-10/h7,9-10H,3-6H2,1-2H3. The van der Waals surface area contributed by atoms with Crippen LogP contribution in [0.2, 0.25) is 0 Å². The first-order valence-corrected chi connectivity index (χ1v) is 3.98. The van der Waals surface area contributed by atoms with Crippen molar-refractivity contribution < 1.29 is 5.11 Å². The summed E-state index contributed by atoms with van der Waals surface area (Å²) in [6.07, 6.45) is 2.33. The number of aliphatic hydroxyl groups is 1. The molecule has 0 spiro atoms. The third-order valence-corrected chi connectivity index (χ3v) is 2.25. The number of nitrogens with one attached hydrogen (secondary N) is 1. The summed E-state index contributed by atoms with van der Waals surface area (Å²) in [5, 5.41) is 12.1. The number of rotatable bonds is 1. The van der Waals surface area contributed by atoms with Crippen molar-refractivity contribution in [1.29, 1.82) is 0 Å². The smallest absolute Gasteiger partial charge is 0.0584 e. The van der Waals surface area contributed by atoms with E-state index in [1.54, 1.807) is 0 Å². The average Bonchev–Trinajstić information content (AvgIpc) is 1.86. The second-order valence-corrected chi connectivity index (χ2v) is 3.95. The van der Waals surface area contributed by atoms with E-state index in [1.165, 1.54) is 6.42 Å². The monoisotopic (exact) mass is 143 g/mol. The molecule has 0 bridgehead atoms. The SMILES string of the molecule is CC1(C)CCNC(CO)C1. The lowest BCUT2D eigenvalue weighted by molar-refractivity contribution is 0.149. The van der Waals surface area contributed by atoms with Crippen LogP contribution in [-0.4, -0.2) is 24.3 Å². The summed E-state index contributed by atoms with van der Waals surface area (Å²) >= 11 is 0. The summed E-state index contributed by atoms with van der Waals surface area (Å²) < 4.78 is 0. The third-order valence-electron chi connectivity index (χ3n) is 2.25. The maximum atomic E-state index is 8.86. The highest BCUT2D eigenvalue weighted by atomic mass is 16.3. The van der Waals surface area contributed by atoms with Crippen LogP contribution in [0.25, 0.3) is 0 Å². The van der Waals surface area contributed by atoms with Crippen molar-refractivity contribution in [2.75, 3.05) is 13.2 Å². The molecule has 0 radical (unpaired) electrons. The third kappa shape index (κ3) is 1.96. The molecular weight excluding hydrogens is 126 g/mol. The van der Waals surface area contributed by atoms with Gasteiger partial charge in [-0.25, -0.2) is 0 Å². The number of hydrogen-bond donors (Lipinski definition) is 2. The minimum absolute atomic E-state index is 0.281. The van der Waals surface area contributed by atoms with Crippen LogP contribution in [0.4, 0.5) is 0 Å². The normalized spacial score (nSPS) is 32.1. The van der Waals surface area contributed by atoms with Gasteiger partial charge in [-0.05, 0) is 24.8 Å². The second-order valence-electron chi connectivity index (χ2n) is 3.95. The van der Waals surface area contributed by atoms with Gasteiger partial charge >= 0.3 is 0 Å². The summed E-state index contributed by atoms with van der Waals surface area (Å²) in [7, 11) is 0. The topological polar surface area (TPSA) is 32.3 Å². The highest BCUT2D eigenvalue weighted by molar-refractivity contribution is 4.83. The second kappa shape index (κ2) is 2.89. The van der Waals surface area contributed by atoms with Crippen LogP contribution in [0.1, 0.15) is 26.7 Å². The lowest BCUT2D eigenvalue weighted by Gasteiger charge is -2.35. The van der Waals surface area contributed by atoms with E-state index in [9.17, 15) is 0 Å². The zero-order chi connectivity index (χ0) is 7.61. The Morgan fingerprint density at radius 3 is 2.70 bits per heavy atom. The Morgan fingerprint density at radius 1 is 1.60 bits per heavy atom. The molecule has 1 rings (SSSR count). The molecule has 0 aromatic heterocycles. The molecule has 1 heterocycles. The van der Waals surface area contributed by atoms with Crippen molar-refractivity contribution in [3.05, 3.63) is 0 Å². The first-order valence-electron chi connectivity index (χ1n) is 3.98. The van der Waals surface area contributed by atoms with Crippen molar-refractivity contribution in [2.24, 2.45) is 5.41 Å². The molecule has 2 nitrogen and oxygen atoms in total. The minimum atomic E-state index is 0.281. The van der Waals surface area contributed by atoms with E-state index in [0.717, 1.165) is 13.0 Å². The molecule has 10 heavy (non-hydrogen) atoms. The van der Waals surface area contributed by atoms with Crippen LogP contribution in [-0.2, 0) is 0 Å². The Morgan fingerprint density at radius 2 is 2.30 bits per heavy atom. The van der Waals surface area contributed by atoms with Gasteiger partial charge in [-0.1, -0.05) is 13.8 Å². The molecule has 0 aliphatic carbocycles. The van der Waals surface area contributed by atoms with Crippen molar-refractivity contribution in [1.82, 2.24) is 5.32 Å². The molecule has 1 aliphatic heterocycles. The molecule has 2 heteroatoms. The fourth-order valence-corrected chi connectivity index (χ4v) is 1.59. The van der Waals surface area contributed by atoms with Gasteiger partial charge in [0.25, 0.3) is 0 Å². The van der Waals surface area contributed by atoms with E-state index < -0.39 is 0 Å². The molecule has 0 amide bonds. The maximum Gasteiger partial charge on any atom is 0.0584 e. The summed E-state index contributed by atoms with van der Waals surface area (Å²) in [5.74, 6) is 0. The van der Waals surface area contributed by atoms with Crippen LogP contribution >= 0.6 is 0 Å². The van der Waals surface area contributed by atoms with Crippen molar-refractivity contribution >= 4 is 0 Å². The zero-order valence-corrected chi connectivity index (χ0v) is 6.85. The molecule has 60 valence electrons. The Balaban J connectivity index is 2.40. The highest BCUT2D eigenvalue weighted by Crippen LogP contribution is 2.28. The van der Waals surface area contributed by atoms with Crippen LogP contribution in [0.15, 0.2) is 0 Å². The van der Waals surface area contributed by atoms with Gasteiger partial charge in [-0.3, -0.25) is 0 Å². The Hall–Kier alpha value is -0.0800. The predicted octanol–water partition coefficient (Wildman–Crippen LogP) is 0.757. The van der Waals surface area contributed by atoms with Crippen molar-refractivity contribution in [3.8, 4) is 0 Å². The van der Waals surface area contributed by atoms with Crippen LogP contribution < -0.4 is 5.32 Å². The van der Waals surface area contributed by atoms with Gasteiger partial charge in [0.2, 0.25) is 0 Å². The highest BCUT2D eigenvalue weighted by Gasteiger charge is 2.26. The van der Waals surface area contributed by atoms with E-state index >= 15 is 0 Å². The largest absolute Gasteiger partial charge is 0.395 e. The minimum Gasteiger partial charge on any atom is -0.395 e. The van der Waals surface area contributed by atoms with E-state index in [4.69, 9.17) is 5.11 Å². The van der Waals surface area contributed by atoms with Gasteiger partial charge in [0.15, 0.2) is 0 Å². The Bertz CT molecular complexity index is 112. The summed E-state index contributed by atoms with van der Waals surface area (Å²) in [6.45, 7) is 5.86. The molecule has 1 aliphatic rings. The molecule has 1 atom stereocenters. The first kappa shape index (κ1) is 8.02. The molecule has 0 aromatic rings. The van der Waals surface area contributed by atoms with E-state index in [2.05, 4.69) is 19.2 Å². The lowest BCUT2D eigenvalue weighted by atomic mass is 9.80. The van der Waals surface area contributed by atoms with Crippen LogP contribution in [0.3, 0.4) is 0 Å². The van der Waals surface area contributed by atoms with Gasteiger partial charge < -0.3 is 10.4 Å². The molecule has 0 saturated carbocycles. The van der Waals surface area contributed by atoms with E-state index in [0.29, 0.717) is 11.5 Å². The van der Waals surface area contributed by atoms with Gasteiger partial charge in [-0.15, -0.1) is 0 Å². The molecule has 1 fully saturated rings. The average molecular weight is 143 g/mol. The Labute approximate surface area is 62.6 Å². The lowest BCUT2D eigenvalue weighted by Crippen LogP contribution is -2.43. The number of hydrogen-bond acceptors (Lipinski definition) is 2. The van der Waals surface area contributed by atoms with Crippen molar-refractivity contribution in [2.45, 2.75) is 32.7 Å². The molecule has 1 unspecified atom stereocenters. The van der Waals surface area contributed by atoms with Crippen LogP contribution in [0.5, 0.6) is 0 Å². The Kier molecular flexibility index (Phi) is 2.32. The summed E-state index contributed by atoms with van der Waals surface area (Å²) in [4.78, 5) is 0. The van der Waals surface area contributed by atoms with Crippen LogP contribution in [0, 0.1) is 5.41 Å². The summed E-state index contributed by atoms with van der Waals surface area (Å²) in [5.41, 5.74) is 0.429. The molecule has 0 aromatic carbocycles. The maximum absolute atomic E-state index is 8.86.